The predicted octanol–water partition coefficient (Wildman–Crippen LogP) is 17.7. The summed E-state index contributed by atoms with van der Waals surface area (Å²) >= 11 is 0. The Morgan fingerprint density at radius 1 is 0.318 bits per heavy atom. The summed E-state index contributed by atoms with van der Waals surface area (Å²) in [5.41, 5.74) is 20.3. The van der Waals surface area contributed by atoms with Crippen LogP contribution in [0.1, 0.15) is 49.9 Å². The highest BCUT2D eigenvalue weighted by Crippen LogP contribution is 2.53. The van der Waals surface area contributed by atoms with Gasteiger partial charge in [-0.1, -0.05) is 210 Å². The van der Waals surface area contributed by atoms with Gasteiger partial charge < -0.3 is 9.64 Å². The minimum atomic E-state index is -0.193. The summed E-state index contributed by atoms with van der Waals surface area (Å²) < 4.78 is 6.73. The predicted molar refractivity (Wildman–Crippen MR) is 277 cm³/mol. The van der Waals surface area contributed by atoms with Crippen LogP contribution in [0, 0.1) is 0 Å². The van der Waals surface area contributed by atoms with Gasteiger partial charge in [0.05, 0.1) is 5.69 Å². The molecule has 2 heteroatoms. The average molecular weight is 848 g/mol. The molecule has 0 aromatic heterocycles. The lowest BCUT2D eigenvalue weighted by molar-refractivity contribution is 0.419. The molecule has 1 heterocycles. The van der Waals surface area contributed by atoms with Gasteiger partial charge in [0.1, 0.15) is 11.5 Å². The molecule has 0 amide bonds. The number of benzene rings is 10. The number of fused-ring (bicyclic) bond motifs is 6. The largest absolute Gasteiger partial charge is 0.456 e. The molecule has 1 aliphatic heterocycles. The Bertz CT molecular complexity index is 3470. The van der Waals surface area contributed by atoms with Crippen molar-refractivity contribution in [3.8, 4) is 67.1 Å². The average Bonchev–Trinajstić information content (AvgIpc) is 3.60. The van der Waals surface area contributed by atoms with Crippen molar-refractivity contribution in [1.29, 1.82) is 0 Å². The highest BCUT2D eigenvalue weighted by atomic mass is 16.5. The van der Waals surface area contributed by atoms with Crippen molar-refractivity contribution in [2.75, 3.05) is 4.90 Å². The van der Waals surface area contributed by atoms with Crippen molar-refractivity contribution in [2.45, 2.75) is 38.5 Å². The van der Waals surface area contributed by atoms with Crippen LogP contribution in [0.4, 0.5) is 17.1 Å². The van der Waals surface area contributed by atoms with E-state index in [-0.39, 0.29) is 10.8 Å². The van der Waals surface area contributed by atoms with E-state index in [0.29, 0.717) is 0 Å². The van der Waals surface area contributed by atoms with Crippen molar-refractivity contribution in [1.82, 2.24) is 0 Å². The summed E-state index contributed by atoms with van der Waals surface area (Å²) in [5, 5.41) is 2.41. The summed E-state index contributed by atoms with van der Waals surface area (Å²) in [7, 11) is 0. The van der Waals surface area contributed by atoms with Crippen molar-refractivity contribution in [2.24, 2.45) is 0 Å². The number of hydrogen-bond acceptors (Lipinski definition) is 2. The molecule has 0 saturated heterocycles. The van der Waals surface area contributed by atoms with Gasteiger partial charge in [0.2, 0.25) is 0 Å². The molecule has 0 saturated carbocycles. The first-order valence-corrected chi connectivity index (χ1v) is 23.1. The molecule has 0 unspecified atom stereocenters. The van der Waals surface area contributed by atoms with E-state index in [1.165, 1.54) is 77.5 Å². The zero-order valence-corrected chi connectivity index (χ0v) is 37.7. The Morgan fingerprint density at radius 2 is 0.803 bits per heavy atom. The molecular formula is C64H49NO. The van der Waals surface area contributed by atoms with Gasteiger partial charge in [0.25, 0.3) is 0 Å². The molecule has 66 heavy (non-hydrogen) atoms. The lowest BCUT2D eigenvalue weighted by Gasteiger charge is -2.35. The van der Waals surface area contributed by atoms with Crippen molar-refractivity contribution in [3.63, 3.8) is 0 Å². The standard InChI is InChI=1S/C64H49NO/c1-63(2)56-21-11-10-18-53(56)54-38-33-47(41-59(54)63)50-39-40-60(55-19-9-8-17-52(50)55)65(48-34-29-45(30-35-48)44-27-25-43(26-28-44)42-15-6-5-7-16-42)49-36-31-46(32-37-49)51-20-14-23-58-62(51)66-61-24-13-12-22-57(61)64(58,3)4/h5-41H,1-4H3. The van der Waals surface area contributed by atoms with Crippen LogP contribution >= 0.6 is 0 Å². The molecule has 0 spiro atoms. The smallest absolute Gasteiger partial charge is 0.139 e. The van der Waals surface area contributed by atoms with Crippen LogP contribution in [0.15, 0.2) is 224 Å². The molecule has 0 bridgehead atoms. The van der Waals surface area contributed by atoms with Crippen molar-refractivity contribution >= 4 is 27.8 Å². The van der Waals surface area contributed by atoms with E-state index in [4.69, 9.17) is 4.74 Å². The molecule has 2 aliphatic rings. The molecule has 0 radical (unpaired) electrons. The van der Waals surface area contributed by atoms with E-state index in [0.717, 1.165) is 39.7 Å². The number of nitrogens with zero attached hydrogens (tertiary/aromatic N) is 1. The zero-order valence-electron chi connectivity index (χ0n) is 37.7. The summed E-state index contributed by atoms with van der Waals surface area (Å²) in [6.07, 6.45) is 0. The third-order valence-electron chi connectivity index (χ3n) is 14.4. The number of rotatable bonds is 7. The van der Waals surface area contributed by atoms with Gasteiger partial charge in [-0.15, -0.1) is 0 Å². The Morgan fingerprint density at radius 3 is 1.52 bits per heavy atom. The second kappa shape index (κ2) is 15.4. The molecule has 1 aliphatic carbocycles. The molecule has 0 atom stereocenters. The fourth-order valence-electron chi connectivity index (χ4n) is 10.8. The molecule has 0 N–H and O–H groups in total. The van der Waals surface area contributed by atoms with Gasteiger partial charge >= 0.3 is 0 Å². The molecule has 10 aromatic rings. The lowest BCUT2D eigenvalue weighted by Crippen LogP contribution is -2.24. The first kappa shape index (κ1) is 39.6. The lowest BCUT2D eigenvalue weighted by atomic mass is 9.75. The minimum absolute atomic E-state index is 0.0807. The maximum Gasteiger partial charge on any atom is 0.139 e. The normalized spacial score (nSPS) is 13.8. The minimum Gasteiger partial charge on any atom is -0.456 e. The second-order valence-electron chi connectivity index (χ2n) is 18.9. The first-order valence-electron chi connectivity index (χ1n) is 23.1. The molecule has 2 nitrogen and oxygen atoms in total. The third-order valence-corrected chi connectivity index (χ3v) is 14.4. The quantitative estimate of drug-likeness (QED) is 0.158. The zero-order chi connectivity index (χ0) is 44.6. The summed E-state index contributed by atoms with van der Waals surface area (Å²) in [5.74, 6) is 1.85. The molecule has 0 fully saturated rings. The molecule has 10 aromatic carbocycles. The monoisotopic (exact) mass is 847 g/mol. The summed E-state index contributed by atoms with van der Waals surface area (Å²) in [6.45, 7) is 9.30. The highest BCUT2D eigenvalue weighted by Gasteiger charge is 2.36. The highest BCUT2D eigenvalue weighted by molar-refractivity contribution is 6.06. The maximum absolute atomic E-state index is 6.73. The van der Waals surface area contributed by atoms with E-state index < -0.39 is 0 Å². The Balaban J connectivity index is 0.961. The van der Waals surface area contributed by atoms with E-state index >= 15 is 0 Å². The van der Waals surface area contributed by atoms with E-state index in [2.05, 4.69) is 257 Å². The van der Waals surface area contributed by atoms with Crippen LogP contribution < -0.4 is 9.64 Å². The number of anilines is 3. The SMILES string of the molecule is CC1(C)c2ccccc2-c2ccc(-c3ccc(N(c4ccc(-c5ccc(-c6ccccc6)cc5)cc4)c4ccc(-c5cccc6c5Oc5ccccc5C6(C)C)cc4)c4ccccc34)cc21. The summed E-state index contributed by atoms with van der Waals surface area (Å²) in [6, 6.07) is 82.0. The summed E-state index contributed by atoms with van der Waals surface area (Å²) in [4.78, 5) is 2.41. The van der Waals surface area contributed by atoms with Crippen molar-refractivity contribution < 1.29 is 4.74 Å². The fraction of sp³-hybridized carbons (Fsp3) is 0.0938. The molecule has 316 valence electrons. The van der Waals surface area contributed by atoms with Crippen LogP contribution in [0.5, 0.6) is 11.5 Å². The van der Waals surface area contributed by atoms with Gasteiger partial charge in [-0.05, 0) is 109 Å². The van der Waals surface area contributed by atoms with Crippen molar-refractivity contribution in [3.05, 3.63) is 247 Å². The number of para-hydroxylation sites is 2. The second-order valence-corrected chi connectivity index (χ2v) is 18.9. The van der Waals surface area contributed by atoms with Gasteiger partial charge in [0.15, 0.2) is 0 Å². The van der Waals surface area contributed by atoms with Gasteiger partial charge in [-0.3, -0.25) is 0 Å². The fourth-order valence-corrected chi connectivity index (χ4v) is 10.8. The number of ether oxygens (including phenoxy) is 1. The maximum atomic E-state index is 6.73. The molecule has 12 rings (SSSR count). The van der Waals surface area contributed by atoms with Gasteiger partial charge in [-0.2, -0.15) is 0 Å². The van der Waals surface area contributed by atoms with E-state index in [9.17, 15) is 0 Å². The first-order chi connectivity index (χ1) is 32.2. The third kappa shape index (κ3) is 6.39. The van der Waals surface area contributed by atoms with Crippen LogP contribution in [0.2, 0.25) is 0 Å². The van der Waals surface area contributed by atoms with Gasteiger partial charge in [-0.25, -0.2) is 0 Å². The Kier molecular flexibility index (Phi) is 9.22. The molecular weight excluding hydrogens is 799 g/mol. The van der Waals surface area contributed by atoms with Crippen LogP contribution in [-0.4, -0.2) is 0 Å². The van der Waals surface area contributed by atoms with Crippen LogP contribution in [-0.2, 0) is 10.8 Å². The topological polar surface area (TPSA) is 12.5 Å². The Hall–Kier alpha value is -7.94. The van der Waals surface area contributed by atoms with E-state index in [1.54, 1.807) is 0 Å². The van der Waals surface area contributed by atoms with Crippen LogP contribution in [0.25, 0.3) is 66.4 Å². The van der Waals surface area contributed by atoms with Gasteiger partial charge in [0, 0.05) is 44.3 Å². The Labute approximate surface area is 388 Å². The van der Waals surface area contributed by atoms with E-state index in [1.807, 2.05) is 0 Å². The van der Waals surface area contributed by atoms with Crippen LogP contribution in [0.3, 0.4) is 0 Å². The number of hydrogen-bond donors (Lipinski definition) is 0.